The number of hydrogen-bond acceptors (Lipinski definition) is 17. The molecule has 406 valence electrons. The summed E-state index contributed by atoms with van der Waals surface area (Å²) in [5.41, 5.74) is -2.04. The lowest BCUT2D eigenvalue weighted by molar-refractivity contribution is -0.318. The van der Waals surface area contributed by atoms with Gasteiger partial charge >= 0.3 is 5.97 Å². The van der Waals surface area contributed by atoms with Gasteiger partial charge in [0.15, 0.2) is 12.6 Å². The van der Waals surface area contributed by atoms with Gasteiger partial charge < -0.3 is 68.5 Å². The second-order valence-corrected chi connectivity index (χ2v) is 21.9. The van der Waals surface area contributed by atoms with Crippen LogP contribution in [-0.4, -0.2) is 195 Å². The van der Waals surface area contributed by atoms with Gasteiger partial charge in [-0.25, -0.2) is 9.07 Å². The summed E-state index contributed by atoms with van der Waals surface area (Å²) in [6, 6.07) is 5.95. The Morgan fingerprint density at radius 3 is 2.24 bits per heavy atom. The van der Waals surface area contributed by atoms with Crippen LogP contribution in [0.2, 0.25) is 0 Å². The van der Waals surface area contributed by atoms with E-state index in [4.69, 9.17) is 33.2 Å². The number of aliphatic hydroxyl groups is 5. The van der Waals surface area contributed by atoms with Gasteiger partial charge in [-0.05, 0) is 100 Å². The van der Waals surface area contributed by atoms with Crippen LogP contribution in [-0.2, 0) is 44.4 Å². The van der Waals surface area contributed by atoms with E-state index in [1.807, 2.05) is 68.9 Å². The summed E-state index contributed by atoms with van der Waals surface area (Å²) >= 11 is 0. The van der Waals surface area contributed by atoms with Crippen molar-refractivity contribution in [3.8, 4) is 0 Å². The Bertz CT molecular complexity index is 1960. The van der Waals surface area contributed by atoms with Crippen LogP contribution in [0.1, 0.15) is 124 Å². The minimum atomic E-state index is -1.85. The molecule has 20 atom stereocenters. The average Bonchev–Trinajstić information content (AvgIpc) is 3.79. The number of rotatable bonds is 15. The highest BCUT2D eigenvalue weighted by molar-refractivity contribution is 5.73. The molecule has 3 aliphatic heterocycles. The normalized spacial score (nSPS) is 40.4. The monoisotopic (exact) mass is 1010 g/mol. The molecule has 0 radical (unpaired) electrons. The summed E-state index contributed by atoms with van der Waals surface area (Å²) in [5, 5.41) is 68.4. The van der Waals surface area contributed by atoms with Gasteiger partial charge in [0.2, 0.25) is 0 Å². The lowest BCUT2D eigenvalue weighted by Gasteiger charge is -2.49. The van der Waals surface area contributed by atoms with Crippen LogP contribution in [0.15, 0.2) is 30.5 Å². The van der Waals surface area contributed by atoms with Crippen molar-refractivity contribution < 1.29 is 67.9 Å². The number of methoxy groups -OCH3 is 2. The van der Waals surface area contributed by atoms with Crippen molar-refractivity contribution in [2.24, 2.45) is 17.8 Å². The van der Waals surface area contributed by atoms with Crippen LogP contribution in [0.4, 0.5) is 4.39 Å². The first kappa shape index (κ1) is 59.1. The fourth-order valence-corrected chi connectivity index (χ4v) is 11.3. The summed E-state index contributed by atoms with van der Waals surface area (Å²) in [6.07, 6.45) is -7.79. The van der Waals surface area contributed by atoms with E-state index in [0.29, 0.717) is 31.6 Å². The minimum Gasteiger partial charge on any atom is -0.459 e. The number of alkyl halides is 1. The Balaban J connectivity index is 1.45. The van der Waals surface area contributed by atoms with Crippen LogP contribution in [0, 0.1) is 24.7 Å². The summed E-state index contributed by atoms with van der Waals surface area (Å²) < 4.78 is 60.2. The lowest BCUT2D eigenvalue weighted by Crippen LogP contribution is -2.61. The van der Waals surface area contributed by atoms with E-state index in [2.05, 4.69) is 10.3 Å². The van der Waals surface area contributed by atoms with Gasteiger partial charge in [-0.2, -0.15) is 0 Å². The highest BCUT2D eigenvalue weighted by Crippen LogP contribution is 2.40. The number of nitrogens with zero attached hydrogens (tertiary/aromatic N) is 5. The van der Waals surface area contributed by atoms with Crippen molar-refractivity contribution in [2.45, 2.75) is 211 Å². The first-order valence-corrected chi connectivity index (χ1v) is 25.6. The molecule has 5 rings (SSSR count). The summed E-state index contributed by atoms with van der Waals surface area (Å²) in [6.45, 7) is 19.6. The second-order valence-electron chi connectivity index (χ2n) is 21.9. The third-order valence-electron chi connectivity index (χ3n) is 15.9. The van der Waals surface area contributed by atoms with E-state index >= 15 is 0 Å². The zero-order valence-corrected chi connectivity index (χ0v) is 45.0. The number of aromatic nitrogens is 3. The van der Waals surface area contributed by atoms with Crippen LogP contribution in [0.5, 0.6) is 0 Å². The van der Waals surface area contributed by atoms with Crippen LogP contribution < -0.4 is 0 Å². The highest BCUT2D eigenvalue weighted by Gasteiger charge is 2.53. The van der Waals surface area contributed by atoms with E-state index in [9.17, 15) is 34.7 Å². The average molecular weight is 1010 g/mol. The Kier molecular flexibility index (Phi) is 20.6. The smallest absolute Gasteiger partial charge is 0.311 e. The number of carbonyl (C=O) groups is 1. The number of benzene rings is 1. The number of cyclic esters (lactones) is 1. The van der Waals surface area contributed by atoms with Crippen LogP contribution >= 0.6 is 0 Å². The number of ether oxygens (including phenoxy) is 7. The molecule has 19 heteroatoms. The van der Waals surface area contributed by atoms with Gasteiger partial charge in [0, 0.05) is 64.3 Å². The lowest BCUT2D eigenvalue weighted by atomic mass is 9.77. The molecule has 0 spiro atoms. The standard InChI is InChI=1S/C52H88FN5O13/c1-16-40-52(11,64)45(60)34(7)57(13)27-30(3)24-50(9,63)47(32(5)43(33(6)48(62)69-40)70-41-25-51(10,66-15)46(61)35(8)68-41)71-49-42(59)38(23-31(4)67-49)56(12)22-21-37-28-58(55-54-37)39(26-53)44(65-14)36-19-17-29(2)18-20-36/h17-20,28,30-35,38-47,49,59-61,63-64H,16,21-27H2,1-15H3/t30-,31-,32+,33-,34-,35+,38+,39-,40-,41+,42-,43+,44-,45-,46+,47?,49+,50-,51-,52-/m1/s1. The third kappa shape index (κ3) is 13.8. The number of halogens is 1. The largest absolute Gasteiger partial charge is 0.459 e. The Labute approximate surface area is 421 Å². The predicted molar refractivity (Wildman–Crippen MR) is 263 cm³/mol. The van der Waals surface area contributed by atoms with Crippen molar-refractivity contribution in [3.63, 3.8) is 0 Å². The van der Waals surface area contributed by atoms with Crippen molar-refractivity contribution >= 4 is 5.97 Å². The molecule has 0 bridgehead atoms. The van der Waals surface area contributed by atoms with Crippen molar-refractivity contribution in [1.29, 1.82) is 0 Å². The third-order valence-corrected chi connectivity index (χ3v) is 15.9. The topological polar surface area (TPSA) is 220 Å². The minimum absolute atomic E-state index is 0.0888. The number of carbonyl (C=O) groups excluding carboxylic acids is 1. The number of aryl methyl sites for hydroxylation is 1. The number of esters is 1. The number of hydrogen-bond donors (Lipinski definition) is 5. The molecule has 0 saturated carbocycles. The molecule has 5 N–H and O–H groups in total. The summed E-state index contributed by atoms with van der Waals surface area (Å²) in [7, 11) is 6.76. The molecule has 0 amide bonds. The van der Waals surface area contributed by atoms with Crippen LogP contribution in [0.25, 0.3) is 0 Å². The van der Waals surface area contributed by atoms with Crippen molar-refractivity contribution in [1.82, 2.24) is 24.8 Å². The Morgan fingerprint density at radius 1 is 0.972 bits per heavy atom. The maximum atomic E-state index is 14.7. The zero-order valence-electron chi connectivity index (χ0n) is 45.0. The van der Waals surface area contributed by atoms with Crippen molar-refractivity contribution in [3.05, 3.63) is 47.3 Å². The van der Waals surface area contributed by atoms with E-state index in [-0.39, 0.29) is 25.2 Å². The first-order chi connectivity index (χ1) is 33.2. The number of likely N-dealkylation sites (N-methyl/N-ethyl adjacent to an activating group) is 2. The maximum Gasteiger partial charge on any atom is 0.311 e. The Hall–Kier alpha value is -2.76. The molecule has 3 saturated heterocycles. The van der Waals surface area contributed by atoms with Gasteiger partial charge in [-0.1, -0.05) is 55.8 Å². The van der Waals surface area contributed by atoms with E-state index in [1.165, 1.54) is 18.7 Å². The van der Waals surface area contributed by atoms with Gasteiger partial charge in [0.25, 0.3) is 0 Å². The molecule has 3 aliphatic rings. The van der Waals surface area contributed by atoms with E-state index in [0.717, 1.165) is 11.1 Å². The Morgan fingerprint density at radius 2 is 1.63 bits per heavy atom. The molecule has 2 aromatic rings. The number of aliphatic hydroxyl groups excluding tert-OH is 3. The maximum absolute atomic E-state index is 14.7. The van der Waals surface area contributed by atoms with Gasteiger partial charge in [-0.3, -0.25) is 4.79 Å². The van der Waals surface area contributed by atoms with Gasteiger partial charge in [-0.15, -0.1) is 5.10 Å². The molecule has 4 heterocycles. The fourth-order valence-electron chi connectivity index (χ4n) is 11.3. The molecule has 71 heavy (non-hydrogen) atoms. The molecule has 1 aromatic carbocycles. The molecule has 1 unspecified atom stereocenters. The van der Waals surface area contributed by atoms with Crippen molar-refractivity contribution in [2.75, 3.05) is 48.1 Å². The van der Waals surface area contributed by atoms with E-state index in [1.54, 1.807) is 61.8 Å². The molecule has 3 fully saturated rings. The predicted octanol–water partition coefficient (Wildman–Crippen LogP) is 4.31. The molecular weight excluding hydrogens is 922 g/mol. The quantitative estimate of drug-likeness (QED) is 0.157. The SMILES string of the molecule is CC[C@H]1OC(=O)[C@H](C)[C@@H](O[C@H]2C[C@@](C)(OC)[C@@H](O)[C@H](C)O2)[C@H](C)C(O[C@@H]2O[C@H](C)C[C@H](N(C)CCc3cn([C@H](CF)[C@H](OC)c4ccc(C)cc4)nn3)[C@H]2O)[C@](C)(O)C[C@@H](C)CN(C)[C@H](C)[C@@H](O)[C@]1(C)O. The zero-order chi connectivity index (χ0) is 52.9. The molecule has 18 nitrogen and oxygen atoms in total. The summed E-state index contributed by atoms with van der Waals surface area (Å²) in [4.78, 5) is 18.4. The van der Waals surface area contributed by atoms with Gasteiger partial charge in [0.1, 0.15) is 48.8 Å². The second kappa shape index (κ2) is 24.7. The first-order valence-electron chi connectivity index (χ1n) is 25.6. The van der Waals surface area contributed by atoms with Crippen LogP contribution in [0.3, 0.4) is 0 Å². The van der Waals surface area contributed by atoms with Gasteiger partial charge in [0.05, 0.1) is 47.2 Å². The molecule has 0 aliphatic carbocycles. The van der Waals surface area contributed by atoms with E-state index < -0.39 is 127 Å². The molecule has 1 aromatic heterocycles. The highest BCUT2D eigenvalue weighted by atomic mass is 19.1. The molecular formula is C52H88FN5O13. The summed E-state index contributed by atoms with van der Waals surface area (Å²) in [5.74, 6) is -2.85. The fraction of sp³-hybridized carbons (Fsp3) is 0.827.